The molecule has 0 saturated carbocycles. The van der Waals surface area contributed by atoms with E-state index < -0.39 is 0 Å². The molecule has 1 amide bonds. The van der Waals surface area contributed by atoms with Crippen LogP contribution in [0.4, 0.5) is 0 Å². The lowest BCUT2D eigenvalue weighted by Crippen LogP contribution is -2.27. The minimum Gasteiger partial charge on any atom is -0.348 e. The van der Waals surface area contributed by atoms with Gasteiger partial charge < -0.3 is 9.47 Å². The number of rotatable bonds is 6. The molecule has 1 unspecified atom stereocenters. The fourth-order valence-electron chi connectivity index (χ4n) is 2.63. The van der Waals surface area contributed by atoms with Crippen molar-refractivity contribution in [2.45, 2.75) is 23.9 Å². The van der Waals surface area contributed by atoms with E-state index in [1.807, 2.05) is 55.5 Å². The standard InChI is InChI=1S/C20H22N4OS/c1-15-21-22-20(24(15)14-16-10-6-4-7-11-16)26-18(19(25)23(2)3)17-12-8-5-9-13-17/h4-13,18H,14H2,1-3H3. The van der Waals surface area contributed by atoms with Crippen LogP contribution in [0.2, 0.25) is 0 Å². The van der Waals surface area contributed by atoms with Gasteiger partial charge in [-0.1, -0.05) is 72.4 Å². The van der Waals surface area contributed by atoms with Crippen molar-refractivity contribution in [3.63, 3.8) is 0 Å². The molecule has 26 heavy (non-hydrogen) atoms. The number of hydrogen-bond donors (Lipinski definition) is 0. The molecule has 1 heterocycles. The Balaban J connectivity index is 1.91. The molecule has 2 aromatic carbocycles. The molecule has 0 saturated heterocycles. The second-order valence-electron chi connectivity index (χ2n) is 6.24. The number of carbonyl (C=O) groups excluding carboxylic acids is 1. The third kappa shape index (κ3) is 4.14. The molecule has 1 atom stereocenters. The summed E-state index contributed by atoms with van der Waals surface area (Å²) >= 11 is 1.44. The van der Waals surface area contributed by atoms with Gasteiger partial charge in [0.2, 0.25) is 5.91 Å². The Morgan fingerprint density at radius 2 is 1.65 bits per heavy atom. The van der Waals surface area contributed by atoms with Crippen LogP contribution in [0.3, 0.4) is 0 Å². The van der Waals surface area contributed by atoms with Gasteiger partial charge in [-0.25, -0.2) is 0 Å². The molecule has 3 rings (SSSR count). The molecular formula is C20H22N4OS. The van der Waals surface area contributed by atoms with Crippen molar-refractivity contribution in [3.05, 3.63) is 77.6 Å². The molecule has 0 radical (unpaired) electrons. The third-order valence-corrected chi connectivity index (χ3v) is 5.30. The van der Waals surface area contributed by atoms with Crippen LogP contribution < -0.4 is 0 Å². The minimum absolute atomic E-state index is 0.0353. The number of nitrogens with zero attached hydrogens (tertiary/aromatic N) is 4. The van der Waals surface area contributed by atoms with Crippen molar-refractivity contribution in [2.75, 3.05) is 14.1 Å². The van der Waals surface area contributed by atoms with Gasteiger partial charge in [0.05, 0.1) is 6.54 Å². The Labute approximate surface area is 158 Å². The minimum atomic E-state index is -0.357. The first kappa shape index (κ1) is 18.2. The van der Waals surface area contributed by atoms with Gasteiger partial charge in [0, 0.05) is 14.1 Å². The van der Waals surface area contributed by atoms with Crippen LogP contribution in [0.1, 0.15) is 22.2 Å². The average Bonchev–Trinajstić information content (AvgIpc) is 3.00. The van der Waals surface area contributed by atoms with Gasteiger partial charge in [-0.3, -0.25) is 4.79 Å². The third-order valence-electron chi connectivity index (χ3n) is 4.08. The average molecular weight is 366 g/mol. The second-order valence-corrected chi connectivity index (χ2v) is 7.32. The van der Waals surface area contributed by atoms with E-state index in [0.717, 1.165) is 16.5 Å². The molecule has 0 bridgehead atoms. The summed E-state index contributed by atoms with van der Waals surface area (Å²) in [5.41, 5.74) is 2.13. The first-order valence-electron chi connectivity index (χ1n) is 8.42. The maximum atomic E-state index is 12.8. The molecule has 0 spiro atoms. The summed E-state index contributed by atoms with van der Waals surface area (Å²) in [5, 5.41) is 8.94. The summed E-state index contributed by atoms with van der Waals surface area (Å²) < 4.78 is 2.05. The molecule has 0 aliphatic carbocycles. The predicted octanol–water partition coefficient (Wildman–Crippen LogP) is 3.56. The topological polar surface area (TPSA) is 51.0 Å². The molecule has 0 aliphatic rings. The first-order valence-corrected chi connectivity index (χ1v) is 9.30. The predicted molar refractivity (Wildman–Crippen MR) is 104 cm³/mol. The first-order chi connectivity index (χ1) is 12.6. The van der Waals surface area contributed by atoms with Gasteiger partial charge in [0.25, 0.3) is 0 Å². The van der Waals surface area contributed by atoms with E-state index in [4.69, 9.17) is 0 Å². The van der Waals surface area contributed by atoms with E-state index in [2.05, 4.69) is 26.9 Å². The van der Waals surface area contributed by atoms with Crippen LogP contribution in [0.5, 0.6) is 0 Å². The highest BCUT2D eigenvalue weighted by Gasteiger charge is 2.26. The SMILES string of the molecule is Cc1nnc(SC(C(=O)N(C)C)c2ccccc2)n1Cc1ccccc1. The number of carbonyl (C=O) groups is 1. The zero-order valence-corrected chi connectivity index (χ0v) is 16.0. The van der Waals surface area contributed by atoms with E-state index in [9.17, 15) is 4.79 Å². The number of aromatic nitrogens is 3. The van der Waals surface area contributed by atoms with Gasteiger partial charge in [-0.05, 0) is 18.1 Å². The lowest BCUT2D eigenvalue weighted by Gasteiger charge is -2.20. The highest BCUT2D eigenvalue weighted by Crippen LogP contribution is 2.36. The number of thioether (sulfide) groups is 1. The van der Waals surface area contributed by atoms with Crippen molar-refractivity contribution < 1.29 is 4.79 Å². The number of hydrogen-bond acceptors (Lipinski definition) is 4. The fourth-order valence-corrected chi connectivity index (χ4v) is 3.85. The molecule has 134 valence electrons. The molecular weight excluding hydrogens is 344 g/mol. The molecule has 0 N–H and O–H groups in total. The van der Waals surface area contributed by atoms with E-state index in [-0.39, 0.29) is 11.2 Å². The Bertz CT molecular complexity index is 862. The summed E-state index contributed by atoms with van der Waals surface area (Å²) in [5.74, 6) is 0.869. The molecule has 3 aromatic rings. The normalized spacial score (nSPS) is 12.0. The maximum Gasteiger partial charge on any atom is 0.240 e. The van der Waals surface area contributed by atoms with Crippen LogP contribution in [-0.2, 0) is 11.3 Å². The largest absolute Gasteiger partial charge is 0.348 e. The summed E-state index contributed by atoms with van der Waals surface area (Å²) in [6.45, 7) is 2.62. The quantitative estimate of drug-likeness (QED) is 0.626. The van der Waals surface area contributed by atoms with Gasteiger partial charge in [0.15, 0.2) is 5.16 Å². The van der Waals surface area contributed by atoms with E-state index in [0.29, 0.717) is 6.54 Å². The van der Waals surface area contributed by atoms with E-state index >= 15 is 0 Å². The molecule has 5 nitrogen and oxygen atoms in total. The Hall–Kier alpha value is -2.60. The van der Waals surface area contributed by atoms with Crippen LogP contribution in [0.15, 0.2) is 65.8 Å². The van der Waals surface area contributed by atoms with Crippen LogP contribution in [-0.4, -0.2) is 39.7 Å². The molecule has 6 heteroatoms. The number of likely N-dealkylation sites (N-methyl/N-ethyl adjacent to an activating group) is 1. The number of benzene rings is 2. The Kier molecular flexibility index (Phi) is 5.73. The molecule has 0 aliphatic heterocycles. The van der Waals surface area contributed by atoms with Crippen molar-refractivity contribution in [1.29, 1.82) is 0 Å². The highest BCUT2D eigenvalue weighted by atomic mass is 32.2. The second kappa shape index (κ2) is 8.19. The van der Waals surface area contributed by atoms with Gasteiger partial charge in [-0.15, -0.1) is 10.2 Å². The van der Waals surface area contributed by atoms with Crippen LogP contribution in [0.25, 0.3) is 0 Å². The maximum absolute atomic E-state index is 12.8. The van der Waals surface area contributed by atoms with Crippen molar-refractivity contribution in [2.24, 2.45) is 0 Å². The summed E-state index contributed by atoms with van der Waals surface area (Å²) in [4.78, 5) is 14.4. The van der Waals surface area contributed by atoms with Gasteiger partial charge in [0.1, 0.15) is 11.1 Å². The van der Waals surface area contributed by atoms with E-state index in [1.165, 1.54) is 17.3 Å². The van der Waals surface area contributed by atoms with Crippen molar-refractivity contribution in [3.8, 4) is 0 Å². The highest BCUT2D eigenvalue weighted by molar-refractivity contribution is 8.00. The zero-order valence-electron chi connectivity index (χ0n) is 15.2. The monoisotopic (exact) mass is 366 g/mol. The summed E-state index contributed by atoms with van der Waals surface area (Å²) in [6, 6.07) is 20.0. The van der Waals surface area contributed by atoms with Crippen molar-refractivity contribution >= 4 is 17.7 Å². The molecule has 0 fully saturated rings. The summed E-state index contributed by atoms with van der Waals surface area (Å²) in [7, 11) is 3.55. The van der Waals surface area contributed by atoms with E-state index in [1.54, 1.807) is 19.0 Å². The smallest absolute Gasteiger partial charge is 0.240 e. The fraction of sp³-hybridized carbons (Fsp3) is 0.250. The van der Waals surface area contributed by atoms with Gasteiger partial charge >= 0.3 is 0 Å². The van der Waals surface area contributed by atoms with Crippen molar-refractivity contribution in [1.82, 2.24) is 19.7 Å². The Morgan fingerprint density at radius 1 is 1.04 bits per heavy atom. The van der Waals surface area contributed by atoms with Crippen LogP contribution >= 0.6 is 11.8 Å². The zero-order chi connectivity index (χ0) is 18.5. The Morgan fingerprint density at radius 3 is 2.27 bits per heavy atom. The van der Waals surface area contributed by atoms with Gasteiger partial charge in [-0.2, -0.15) is 0 Å². The van der Waals surface area contributed by atoms with Crippen LogP contribution in [0, 0.1) is 6.92 Å². The molecule has 1 aromatic heterocycles. The number of amides is 1. The number of aryl methyl sites for hydroxylation is 1. The summed E-state index contributed by atoms with van der Waals surface area (Å²) in [6.07, 6.45) is 0. The lowest BCUT2D eigenvalue weighted by molar-refractivity contribution is -0.128. The lowest BCUT2D eigenvalue weighted by atomic mass is 10.1.